The molecule has 0 unspecified atom stereocenters. The van der Waals surface area contributed by atoms with Crippen molar-refractivity contribution in [2.75, 3.05) is 5.34 Å². The van der Waals surface area contributed by atoms with Crippen LogP contribution < -0.4 is 26.5 Å². The summed E-state index contributed by atoms with van der Waals surface area (Å²) in [6.07, 6.45) is -3.84. The minimum atomic E-state index is -4.47. The SMILES string of the molecule is BrC(Br)(Br)Br.CCC[C@H](NC(=O)c1cnn(-c2ccc(Cl)cc2)c1CBr)c1cccc(C(F)(F)F)c1.CCC[C@H](NC(=O)c1cnn(-c2ccc(Cl)cc2)c1CO)c1cccc(C(F)(F)F)c1.ClCCl.S=P[P+](c1ccccc1)(c1ccccc1)c1ccccc1. The molecule has 9 rings (SSSR count). The number of nitrogens with one attached hydrogen (secondary N) is 2. The lowest BCUT2D eigenvalue weighted by atomic mass is 9.99. The Kier molecular flexibility index (Phi) is 32.3. The van der Waals surface area contributed by atoms with Crippen LogP contribution in [-0.4, -0.2) is 42.9 Å². The summed E-state index contributed by atoms with van der Waals surface area (Å²) in [4.78, 5) is 26.0. The van der Waals surface area contributed by atoms with Gasteiger partial charge in [-0.25, -0.2) is 9.36 Å². The summed E-state index contributed by atoms with van der Waals surface area (Å²) in [5.41, 5.74) is 1.99. The highest BCUT2D eigenvalue weighted by atomic mass is 80.0. The van der Waals surface area contributed by atoms with Gasteiger partial charge in [-0.05, 0) is 209 Å². The monoisotopic (exact) mass is 1700 g/mol. The van der Waals surface area contributed by atoms with Crippen molar-refractivity contribution in [1.29, 1.82) is 0 Å². The van der Waals surface area contributed by atoms with E-state index in [-0.39, 0.29) is 17.6 Å². The van der Waals surface area contributed by atoms with E-state index in [0.717, 1.165) is 37.0 Å². The third-order valence-electron chi connectivity index (χ3n) is 13.2. The molecule has 27 heteroatoms. The van der Waals surface area contributed by atoms with Gasteiger partial charge in [0.1, 0.15) is 15.9 Å². The number of aliphatic hydroxyl groups is 1. The van der Waals surface area contributed by atoms with Crippen molar-refractivity contribution in [2.45, 2.75) is 77.0 Å². The molecule has 91 heavy (non-hydrogen) atoms. The molecule has 2 amide bonds. The molecular weight excluding hydrogens is 1650 g/mol. The van der Waals surface area contributed by atoms with Gasteiger partial charge in [-0.15, -0.1) is 23.2 Å². The van der Waals surface area contributed by atoms with Gasteiger partial charge in [0.05, 0.1) is 81.4 Å². The first kappa shape index (κ1) is 77.7. The van der Waals surface area contributed by atoms with E-state index in [1.54, 1.807) is 65.3 Å². The second-order valence-electron chi connectivity index (χ2n) is 19.2. The van der Waals surface area contributed by atoms with Gasteiger partial charge in [0, 0.05) is 15.4 Å². The van der Waals surface area contributed by atoms with Crippen LogP contribution in [0.2, 0.25) is 10.0 Å². The minimum Gasteiger partial charge on any atom is -0.390 e. The Balaban J connectivity index is 0.000000237. The van der Waals surface area contributed by atoms with Crippen LogP contribution in [0.1, 0.15) is 106 Å². The maximum absolute atomic E-state index is 13.1. The standard InChI is InChI=1S/C22H20BrClF3N3O.C22H21ClF3N3O2.C18H15P2S.CBr4.CH2Cl2/c1-2-4-19(14-5-3-6-15(11-14)22(25,26)27)29-21(31)18-13-28-30(20(18)12-23)17-9-7-16(24)8-10-17;1-2-4-19(14-5-3-6-15(11-14)22(24,25)26)28-21(31)18-12-27-29(20(18)13-30)17-9-7-16(23)8-10-17;21-19-20(16-10-4-1-5-11-16,17-12-6-2-7-13-17)18-14-8-3-9-15-18;2-1(3,4)5;2-1-3/h3,5-11,13,19H,2,4,12H2,1H3,(H,29,31);3,5-12,19,30H,2,4,13H2,1H3,(H,28,31);1-15H;;1H2/q;;+1;;/t2*19-;;;/m00.../s1. The number of benzene rings is 7. The molecule has 0 aliphatic carbocycles. The first-order chi connectivity index (χ1) is 43.3. The summed E-state index contributed by atoms with van der Waals surface area (Å²) in [6.45, 7) is 1.59. The molecule has 0 fully saturated rings. The van der Waals surface area contributed by atoms with E-state index in [9.17, 15) is 41.0 Å². The molecule has 9 aromatic rings. The van der Waals surface area contributed by atoms with E-state index >= 15 is 0 Å². The number of hydrogen-bond donors (Lipinski definition) is 3. The van der Waals surface area contributed by atoms with E-state index in [1.807, 2.05) is 13.8 Å². The van der Waals surface area contributed by atoms with Crippen LogP contribution in [0.5, 0.6) is 0 Å². The number of halogens is 15. The van der Waals surface area contributed by atoms with Crippen molar-refractivity contribution in [1.82, 2.24) is 30.2 Å². The summed E-state index contributed by atoms with van der Waals surface area (Å²) >= 11 is 42.9. The van der Waals surface area contributed by atoms with E-state index in [2.05, 4.69) is 191 Å². The van der Waals surface area contributed by atoms with Crippen molar-refractivity contribution in [3.63, 3.8) is 0 Å². The number of nitrogens with zero attached hydrogens (tertiary/aromatic N) is 4. The fourth-order valence-electron chi connectivity index (χ4n) is 9.09. The number of hydrogen-bond acceptors (Lipinski definition) is 6. The molecule has 0 saturated heterocycles. The lowest BCUT2D eigenvalue weighted by Gasteiger charge is -2.21. The Morgan fingerprint density at radius 1 is 0.571 bits per heavy atom. The molecule has 3 N–H and O–H groups in total. The number of alkyl halides is 13. The van der Waals surface area contributed by atoms with Crippen molar-refractivity contribution < 1.29 is 41.0 Å². The third-order valence-corrected chi connectivity index (χ3v) is 22.6. The second kappa shape index (κ2) is 37.9. The number of aliphatic hydroxyl groups excluding tert-OH is 1. The first-order valence-electron chi connectivity index (χ1n) is 27.3. The Labute approximate surface area is 594 Å². The zero-order chi connectivity index (χ0) is 66.9. The van der Waals surface area contributed by atoms with Gasteiger partial charge in [-0.2, -0.15) is 36.5 Å². The number of carbonyl (C=O) groups is 2. The zero-order valence-corrected chi connectivity index (χ0v) is 61.7. The van der Waals surface area contributed by atoms with Crippen molar-refractivity contribution >= 4 is 180 Å². The van der Waals surface area contributed by atoms with Crippen LogP contribution in [0.3, 0.4) is 0 Å². The Bertz CT molecular complexity index is 3450. The van der Waals surface area contributed by atoms with Crippen LogP contribution in [0.15, 0.2) is 200 Å². The molecular formula is C64H58Br5Cl4F6N6O3P2S+. The number of aromatic nitrogens is 4. The predicted octanol–water partition coefficient (Wildman–Crippen LogP) is 20.9. The molecule has 0 bridgehead atoms. The maximum atomic E-state index is 13.1. The lowest BCUT2D eigenvalue weighted by molar-refractivity contribution is -0.138. The fourth-order valence-corrected chi connectivity index (χ4v) is 17.5. The maximum Gasteiger partial charge on any atom is 0.416 e. The summed E-state index contributed by atoms with van der Waals surface area (Å²) in [7, 11) is 1.01. The topological polar surface area (TPSA) is 114 Å². The van der Waals surface area contributed by atoms with Crippen molar-refractivity contribution in [3.05, 3.63) is 255 Å². The van der Waals surface area contributed by atoms with Crippen LogP contribution in [-0.2, 0) is 36.1 Å². The number of carbonyl (C=O) groups excluding carboxylic acids is 2. The average Bonchev–Trinajstić information content (AvgIpc) is 2.12. The summed E-state index contributed by atoms with van der Waals surface area (Å²) in [6, 6.07) is 54.7. The molecule has 0 aliphatic rings. The molecule has 2 atom stereocenters. The van der Waals surface area contributed by atoms with Crippen LogP contribution in [0, 0.1) is 0 Å². The first-order valence-corrected chi connectivity index (χ1v) is 37.9. The highest BCUT2D eigenvalue weighted by Crippen LogP contribution is 2.66. The van der Waals surface area contributed by atoms with Gasteiger partial charge in [-0.3, -0.25) is 9.59 Å². The van der Waals surface area contributed by atoms with Crippen molar-refractivity contribution in [3.8, 4) is 11.4 Å². The fraction of sp³-hybridized carbons (Fsp3) is 0.219. The van der Waals surface area contributed by atoms with Gasteiger partial charge < -0.3 is 15.7 Å². The van der Waals surface area contributed by atoms with E-state index in [1.165, 1.54) is 45.1 Å². The second-order valence-corrected chi connectivity index (χ2v) is 39.3. The molecule has 9 nitrogen and oxygen atoms in total. The molecule has 7 aromatic carbocycles. The zero-order valence-electron chi connectivity index (χ0n) is 48.2. The summed E-state index contributed by atoms with van der Waals surface area (Å²) in [5.74, 6) is -0.925. The largest absolute Gasteiger partial charge is 0.416 e. The lowest BCUT2D eigenvalue weighted by Crippen LogP contribution is -2.29. The van der Waals surface area contributed by atoms with E-state index < -0.39 is 60.9 Å². The highest BCUT2D eigenvalue weighted by Gasteiger charge is 2.45. The van der Waals surface area contributed by atoms with E-state index in [0.29, 0.717) is 69.1 Å². The minimum absolute atomic E-state index is 0.144. The van der Waals surface area contributed by atoms with Gasteiger partial charge in [0.15, 0.2) is 15.0 Å². The van der Waals surface area contributed by atoms with Crippen LogP contribution in [0.25, 0.3) is 11.4 Å². The van der Waals surface area contributed by atoms with Gasteiger partial charge in [0.2, 0.25) is 0 Å². The van der Waals surface area contributed by atoms with Gasteiger partial charge in [0.25, 0.3) is 11.8 Å². The molecule has 0 saturated carbocycles. The Morgan fingerprint density at radius 3 is 1.20 bits per heavy atom. The summed E-state index contributed by atoms with van der Waals surface area (Å²) < 4.78 is 81.4. The van der Waals surface area contributed by atoms with E-state index in [4.69, 9.17) is 58.2 Å². The molecule has 2 aromatic heterocycles. The third kappa shape index (κ3) is 23.4. The van der Waals surface area contributed by atoms with Crippen LogP contribution >= 0.6 is 140 Å². The predicted molar refractivity (Wildman–Crippen MR) is 383 cm³/mol. The molecule has 0 radical (unpaired) electrons. The van der Waals surface area contributed by atoms with Gasteiger partial charge in [-0.1, -0.05) is 145 Å². The molecule has 2 heterocycles. The normalized spacial score (nSPS) is 12.1. The quantitative estimate of drug-likeness (QED) is 0.0448. The molecule has 0 aliphatic heterocycles. The number of amides is 2. The molecule has 0 spiro atoms. The average molecular weight is 1710 g/mol. The molecule has 482 valence electrons. The smallest absolute Gasteiger partial charge is 0.390 e. The highest BCUT2D eigenvalue weighted by molar-refractivity contribution is 9.52. The Morgan fingerprint density at radius 2 is 0.901 bits per heavy atom. The van der Waals surface area contributed by atoms with Crippen LogP contribution in [0.4, 0.5) is 26.3 Å². The summed E-state index contributed by atoms with van der Waals surface area (Å²) in [5, 5.41) is 29.7. The number of rotatable bonds is 18. The van der Waals surface area contributed by atoms with Gasteiger partial charge >= 0.3 is 12.4 Å². The Hall–Kier alpha value is -4.05. The van der Waals surface area contributed by atoms with Crippen molar-refractivity contribution in [2.24, 2.45) is 0 Å².